The molecule has 0 atom stereocenters. The fraction of sp³-hybridized carbons (Fsp3) is 0.200. The molecule has 2 aliphatic heterocycles. The van der Waals surface area contributed by atoms with Crippen LogP contribution in [0.25, 0.3) is 0 Å². The minimum atomic E-state index is -1.20. The van der Waals surface area contributed by atoms with E-state index in [0.29, 0.717) is 5.56 Å². The molecular weight excluding hydrogens is 317 g/mol. The zero-order chi connectivity index (χ0) is 17.3. The topological polar surface area (TPSA) is 106 Å². The van der Waals surface area contributed by atoms with Crippen molar-refractivity contribution in [2.24, 2.45) is 9.98 Å². The number of hydrogen-bond donors (Lipinski definition) is 3. The lowest BCUT2D eigenvalue weighted by Crippen LogP contribution is -2.43. The van der Waals surface area contributed by atoms with E-state index in [-0.39, 0.29) is 36.4 Å². The van der Waals surface area contributed by atoms with Gasteiger partial charge in [-0.3, -0.25) is 4.79 Å². The number of carbonyl (C=O) groups excluding carboxylic acids is 1. The summed E-state index contributed by atoms with van der Waals surface area (Å²) in [6, 6.07) is 4.52. The van der Waals surface area contributed by atoms with Crippen LogP contribution in [0.3, 0.4) is 0 Å². The molecule has 8 nitrogen and oxygen atoms in total. The Morgan fingerprint density at radius 2 is 2.25 bits per heavy atom. The zero-order valence-electron chi connectivity index (χ0n) is 12.7. The van der Waals surface area contributed by atoms with E-state index in [1.807, 2.05) is 0 Å². The maximum absolute atomic E-state index is 13.2. The summed E-state index contributed by atoms with van der Waals surface area (Å²) >= 11 is 0. The lowest BCUT2D eigenvalue weighted by atomic mass is 10.1. The average Bonchev–Trinajstić information content (AvgIpc) is 3.03. The Morgan fingerprint density at radius 1 is 1.46 bits per heavy atom. The summed E-state index contributed by atoms with van der Waals surface area (Å²) in [5.74, 6) is -1.93. The van der Waals surface area contributed by atoms with E-state index in [9.17, 15) is 19.1 Å². The van der Waals surface area contributed by atoms with E-state index in [0.717, 1.165) is 5.56 Å². The van der Waals surface area contributed by atoms with Gasteiger partial charge in [0.15, 0.2) is 0 Å². The van der Waals surface area contributed by atoms with Crippen LogP contribution in [0.1, 0.15) is 11.1 Å². The fourth-order valence-corrected chi connectivity index (χ4v) is 2.29. The third-order valence-corrected chi connectivity index (χ3v) is 3.51. The maximum Gasteiger partial charge on any atom is 0.354 e. The van der Waals surface area contributed by atoms with E-state index in [1.165, 1.54) is 17.2 Å². The Kier molecular flexibility index (Phi) is 4.09. The molecule has 0 unspecified atom stereocenters. The van der Waals surface area contributed by atoms with Gasteiger partial charge in [-0.15, -0.1) is 0 Å². The predicted molar refractivity (Wildman–Crippen MR) is 83.4 cm³/mol. The second-order valence-electron chi connectivity index (χ2n) is 5.21. The van der Waals surface area contributed by atoms with Gasteiger partial charge in [-0.05, 0) is 24.1 Å². The number of halogens is 1. The van der Waals surface area contributed by atoms with Crippen molar-refractivity contribution >= 4 is 23.5 Å². The highest BCUT2D eigenvalue weighted by Gasteiger charge is 2.31. The summed E-state index contributed by atoms with van der Waals surface area (Å²) in [6.07, 6.45) is 1.17. The van der Waals surface area contributed by atoms with Crippen LogP contribution < -0.4 is 10.7 Å². The highest BCUT2D eigenvalue weighted by Crippen LogP contribution is 2.14. The quantitative estimate of drug-likeness (QED) is 0.736. The van der Waals surface area contributed by atoms with E-state index in [1.54, 1.807) is 19.1 Å². The number of aliphatic carboxylic acids is 1. The molecule has 1 aromatic carbocycles. The number of amides is 1. The van der Waals surface area contributed by atoms with Crippen LogP contribution in [0.15, 0.2) is 40.0 Å². The van der Waals surface area contributed by atoms with Crippen LogP contribution in [0.4, 0.5) is 4.39 Å². The number of aryl methyl sites for hydroxylation is 1. The highest BCUT2D eigenvalue weighted by molar-refractivity contribution is 6.46. The first kappa shape index (κ1) is 15.8. The number of rotatable bonds is 4. The second kappa shape index (κ2) is 6.20. The molecule has 0 spiro atoms. The number of benzene rings is 1. The molecule has 24 heavy (non-hydrogen) atoms. The minimum absolute atomic E-state index is 0.0510. The van der Waals surface area contributed by atoms with Gasteiger partial charge >= 0.3 is 5.97 Å². The average molecular weight is 331 g/mol. The van der Waals surface area contributed by atoms with Gasteiger partial charge in [0.1, 0.15) is 23.9 Å². The first-order chi connectivity index (χ1) is 11.5. The van der Waals surface area contributed by atoms with Crippen molar-refractivity contribution in [3.63, 3.8) is 0 Å². The number of nitrogens with one attached hydrogen (secondary N) is 2. The van der Waals surface area contributed by atoms with Gasteiger partial charge in [0.25, 0.3) is 5.91 Å². The summed E-state index contributed by atoms with van der Waals surface area (Å²) in [4.78, 5) is 31.5. The first-order valence-corrected chi connectivity index (χ1v) is 7.10. The number of carboxylic acid groups (broad SMARTS) is 1. The molecule has 3 N–H and O–H groups in total. The number of fused-ring (bicyclic) bond motifs is 1. The van der Waals surface area contributed by atoms with Crippen molar-refractivity contribution in [1.82, 2.24) is 15.8 Å². The molecule has 2 heterocycles. The van der Waals surface area contributed by atoms with Gasteiger partial charge < -0.3 is 10.4 Å². The minimum Gasteiger partial charge on any atom is -0.477 e. The van der Waals surface area contributed by atoms with Crippen molar-refractivity contribution in [3.8, 4) is 0 Å². The lowest BCUT2D eigenvalue weighted by molar-refractivity contribution is -0.134. The molecule has 2 aliphatic rings. The number of carboxylic acids is 1. The van der Waals surface area contributed by atoms with Gasteiger partial charge in [-0.25, -0.2) is 29.6 Å². The van der Waals surface area contributed by atoms with Crippen molar-refractivity contribution in [2.45, 2.75) is 13.5 Å². The number of hydrogen-bond acceptors (Lipinski definition) is 6. The maximum atomic E-state index is 13.2. The van der Waals surface area contributed by atoms with Crippen LogP contribution in [0.2, 0.25) is 0 Å². The molecule has 1 aromatic rings. The molecular formula is C15H14FN5O3. The lowest BCUT2D eigenvalue weighted by Gasteiger charge is -2.21. The number of aliphatic imine (C=N–C) groups is 2. The van der Waals surface area contributed by atoms with E-state index < -0.39 is 11.9 Å². The van der Waals surface area contributed by atoms with Crippen LogP contribution in [-0.4, -0.2) is 40.3 Å². The van der Waals surface area contributed by atoms with Gasteiger partial charge in [-0.2, -0.15) is 0 Å². The van der Waals surface area contributed by atoms with Crippen molar-refractivity contribution in [1.29, 1.82) is 0 Å². The summed E-state index contributed by atoms with van der Waals surface area (Å²) in [7, 11) is 0. The molecule has 3 rings (SSSR count). The highest BCUT2D eigenvalue weighted by atomic mass is 19.1. The van der Waals surface area contributed by atoms with Crippen LogP contribution >= 0.6 is 0 Å². The number of guanidine groups is 1. The number of hydrazine groups is 1. The Hall–Kier alpha value is -3.07. The van der Waals surface area contributed by atoms with Crippen molar-refractivity contribution in [3.05, 3.63) is 46.9 Å². The predicted octanol–water partition coefficient (Wildman–Crippen LogP) is 0.307. The van der Waals surface area contributed by atoms with Crippen LogP contribution in [0.5, 0.6) is 0 Å². The molecule has 124 valence electrons. The third-order valence-electron chi connectivity index (χ3n) is 3.51. The van der Waals surface area contributed by atoms with E-state index in [4.69, 9.17) is 0 Å². The number of carbonyl (C=O) groups is 2. The summed E-state index contributed by atoms with van der Waals surface area (Å²) in [5.41, 5.74) is 3.74. The Morgan fingerprint density at radius 3 is 2.96 bits per heavy atom. The van der Waals surface area contributed by atoms with Gasteiger partial charge in [0, 0.05) is 12.6 Å². The normalized spacial score (nSPS) is 16.1. The Labute approximate surface area is 136 Å². The van der Waals surface area contributed by atoms with Gasteiger partial charge in [0.2, 0.25) is 5.96 Å². The molecule has 0 fully saturated rings. The third kappa shape index (κ3) is 3.01. The van der Waals surface area contributed by atoms with Crippen molar-refractivity contribution < 1.29 is 19.1 Å². The van der Waals surface area contributed by atoms with Gasteiger partial charge in [-0.1, -0.05) is 12.1 Å². The van der Waals surface area contributed by atoms with Crippen LogP contribution in [-0.2, 0) is 16.1 Å². The second-order valence-corrected chi connectivity index (χ2v) is 5.21. The zero-order valence-corrected chi connectivity index (χ0v) is 12.7. The monoisotopic (exact) mass is 331 g/mol. The molecule has 1 amide bonds. The molecule has 0 radical (unpaired) electrons. The SMILES string of the molecule is Cc1cc(CNC(=O)C2=NC3=NCNN3C(C(=O)O)=C2)ccc1F. The summed E-state index contributed by atoms with van der Waals surface area (Å²) in [6.45, 7) is 1.99. The smallest absolute Gasteiger partial charge is 0.354 e. The van der Waals surface area contributed by atoms with Gasteiger partial charge in [0.05, 0.1) is 0 Å². The number of nitrogens with zero attached hydrogens (tertiary/aromatic N) is 3. The first-order valence-electron chi connectivity index (χ1n) is 7.10. The summed E-state index contributed by atoms with van der Waals surface area (Å²) in [5, 5.41) is 13.1. The molecule has 9 heteroatoms. The van der Waals surface area contributed by atoms with E-state index >= 15 is 0 Å². The van der Waals surface area contributed by atoms with E-state index in [2.05, 4.69) is 20.7 Å². The Balaban J connectivity index is 1.74. The largest absolute Gasteiger partial charge is 0.477 e. The summed E-state index contributed by atoms with van der Waals surface area (Å²) < 4.78 is 13.2. The standard InChI is InChI=1S/C15H14FN5O3/c1-8-4-9(2-3-10(8)16)6-17-13(22)11-5-12(14(23)24)21-15(20-11)18-7-19-21/h2-5,19H,6-7H2,1H3,(H,17,22)(H,23,24). The molecule has 0 saturated heterocycles. The van der Waals surface area contributed by atoms with Crippen LogP contribution in [0, 0.1) is 12.7 Å². The molecule has 0 saturated carbocycles. The van der Waals surface area contributed by atoms with Crippen molar-refractivity contribution in [2.75, 3.05) is 6.67 Å². The molecule has 0 bridgehead atoms. The molecule has 0 aliphatic carbocycles. The fourth-order valence-electron chi connectivity index (χ4n) is 2.29. The Bertz CT molecular complexity index is 815. The molecule has 0 aromatic heterocycles.